The second-order valence-corrected chi connectivity index (χ2v) is 5.29. The predicted molar refractivity (Wildman–Crippen MR) is 68.1 cm³/mol. The smallest absolute Gasteiger partial charge is 0.168 e. The number of benzene rings is 1. The molecule has 2 heterocycles. The van der Waals surface area contributed by atoms with Gasteiger partial charge >= 0.3 is 0 Å². The van der Waals surface area contributed by atoms with Crippen LogP contribution in [-0.4, -0.2) is 24.6 Å². The van der Waals surface area contributed by atoms with E-state index >= 15 is 0 Å². The number of hydrogen-bond acceptors (Lipinski definition) is 3. The summed E-state index contributed by atoms with van der Waals surface area (Å²) in [6.45, 7) is 4.73. The first kappa shape index (κ1) is 11.7. The van der Waals surface area contributed by atoms with Gasteiger partial charge in [0.15, 0.2) is 5.78 Å². The first-order chi connectivity index (χ1) is 8.65. The average molecular weight is 246 g/mol. The molecule has 3 unspecified atom stereocenters. The number of Topliss-reactive ketones (excluding diaryl/α,β-unsaturated/α-hetero) is 1. The Morgan fingerprint density at radius 1 is 1.33 bits per heavy atom. The van der Waals surface area contributed by atoms with Gasteiger partial charge in [0.25, 0.3) is 0 Å². The molecule has 0 spiro atoms. The van der Waals surface area contributed by atoms with E-state index in [1.54, 1.807) is 0 Å². The van der Waals surface area contributed by atoms with Crippen LogP contribution in [0.5, 0.6) is 5.75 Å². The topological polar surface area (TPSA) is 35.5 Å². The molecule has 18 heavy (non-hydrogen) atoms. The lowest BCUT2D eigenvalue weighted by Crippen LogP contribution is -2.21. The number of fused-ring (bicyclic) bond motifs is 1. The van der Waals surface area contributed by atoms with E-state index in [4.69, 9.17) is 9.47 Å². The fraction of sp³-hybridized carbons (Fsp3) is 0.533. The van der Waals surface area contributed by atoms with E-state index in [0.29, 0.717) is 6.61 Å². The Morgan fingerprint density at radius 2 is 2.17 bits per heavy atom. The zero-order valence-electron chi connectivity index (χ0n) is 10.8. The van der Waals surface area contributed by atoms with Crippen molar-refractivity contribution in [2.45, 2.75) is 38.9 Å². The van der Waals surface area contributed by atoms with Crippen LogP contribution in [-0.2, 0) is 11.2 Å². The number of hydrogen-bond donors (Lipinski definition) is 0. The number of rotatable bonds is 2. The lowest BCUT2D eigenvalue weighted by Gasteiger charge is -2.13. The third-order valence-electron chi connectivity index (χ3n) is 3.89. The summed E-state index contributed by atoms with van der Waals surface area (Å²) in [5.74, 6) is 1.15. The minimum Gasteiger partial charge on any atom is -0.490 e. The Hall–Kier alpha value is -1.35. The highest BCUT2D eigenvalue weighted by atomic mass is 16.5. The summed E-state index contributed by atoms with van der Waals surface area (Å²) in [4.78, 5) is 12.4. The molecule has 1 aromatic rings. The lowest BCUT2D eigenvalue weighted by molar-refractivity contribution is 0.0764. The van der Waals surface area contributed by atoms with E-state index in [-0.39, 0.29) is 23.9 Å². The maximum Gasteiger partial charge on any atom is 0.168 e. The van der Waals surface area contributed by atoms with Crippen molar-refractivity contribution >= 4 is 5.78 Å². The van der Waals surface area contributed by atoms with Gasteiger partial charge in [-0.25, -0.2) is 0 Å². The minimum absolute atomic E-state index is 0.0165. The standard InChI is InChI=1S/C15H18O3/c1-9-7-12-8-11(3-4-14(12)18-9)15(16)13-5-6-17-10(13)2/h3-4,8-10,13H,5-7H2,1-2H3. The molecule has 96 valence electrons. The fourth-order valence-corrected chi connectivity index (χ4v) is 2.87. The fourth-order valence-electron chi connectivity index (χ4n) is 2.87. The quantitative estimate of drug-likeness (QED) is 0.752. The zero-order chi connectivity index (χ0) is 12.7. The van der Waals surface area contributed by atoms with Gasteiger partial charge in [0.05, 0.1) is 12.0 Å². The summed E-state index contributed by atoms with van der Waals surface area (Å²) < 4.78 is 11.1. The summed E-state index contributed by atoms with van der Waals surface area (Å²) in [6.07, 6.45) is 2.00. The van der Waals surface area contributed by atoms with Gasteiger partial charge in [0.2, 0.25) is 0 Å². The van der Waals surface area contributed by atoms with Crippen LogP contribution in [0.25, 0.3) is 0 Å². The van der Waals surface area contributed by atoms with Gasteiger partial charge in [0.1, 0.15) is 11.9 Å². The van der Waals surface area contributed by atoms with E-state index in [1.165, 1.54) is 0 Å². The number of carbonyl (C=O) groups excluding carboxylic acids is 1. The molecule has 0 bridgehead atoms. The summed E-state index contributed by atoms with van der Waals surface area (Å²) in [7, 11) is 0. The Labute approximate surface area is 107 Å². The van der Waals surface area contributed by atoms with E-state index in [9.17, 15) is 4.79 Å². The third kappa shape index (κ3) is 1.93. The van der Waals surface area contributed by atoms with Gasteiger partial charge in [-0.2, -0.15) is 0 Å². The maximum absolute atomic E-state index is 12.4. The third-order valence-corrected chi connectivity index (χ3v) is 3.89. The molecule has 3 atom stereocenters. The molecule has 1 fully saturated rings. The second-order valence-electron chi connectivity index (χ2n) is 5.29. The van der Waals surface area contributed by atoms with Crippen LogP contribution in [0.2, 0.25) is 0 Å². The van der Waals surface area contributed by atoms with Gasteiger partial charge in [-0.15, -0.1) is 0 Å². The van der Waals surface area contributed by atoms with Crippen molar-refractivity contribution in [1.82, 2.24) is 0 Å². The van der Waals surface area contributed by atoms with Crippen molar-refractivity contribution < 1.29 is 14.3 Å². The predicted octanol–water partition coefficient (Wildman–Crippen LogP) is 2.62. The zero-order valence-corrected chi connectivity index (χ0v) is 10.8. The highest BCUT2D eigenvalue weighted by Crippen LogP contribution is 2.31. The molecule has 3 heteroatoms. The molecule has 3 rings (SSSR count). The van der Waals surface area contributed by atoms with Crippen LogP contribution < -0.4 is 4.74 Å². The largest absolute Gasteiger partial charge is 0.490 e. The Bertz CT molecular complexity index is 481. The molecule has 1 aromatic carbocycles. The first-order valence-electron chi connectivity index (χ1n) is 6.60. The van der Waals surface area contributed by atoms with Crippen molar-refractivity contribution in [3.05, 3.63) is 29.3 Å². The molecule has 0 aliphatic carbocycles. The van der Waals surface area contributed by atoms with Crippen LogP contribution in [0.3, 0.4) is 0 Å². The molecular weight excluding hydrogens is 228 g/mol. The number of ether oxygens (including phenoxy) is 2. The van der Waals surface area contributed by atoms with E-state index in [1.807, 2.05) is 32.0 Å². The second kappa shape index (κ2) is 4.39. The monoisotopic (exact) mass is 246 g/mol. The highest BCUT2D eigenvalue weighted by molar-refractivity contribution is 5.98. The van der Waals surface area contributed by atoms with Crippen molar-refractivity contribution in [1.29, 1.82) is 0 Å². The van der Waals surface area contributed by atoms with E-state index < -0.39 is 0 Å². The molecule has 0 saturated carbocycles. The van der Waals surface area contributed by atoms with Crippen LogP contribution in [0, 0.1) is 5.92 Å². The normalized spacial score (nSPS) is 30.0. The summed E-state index contributed by atoms with van der Waals surface area (Å²) >= 11 is 0. The number of ketones is 1. The SMILES string of the molecule is CC1Cc2cc(C(=O)C3CCOC3C)ccc2O1. The van der Waals surface area contributed by atoms with Crippen LogP contribution in [0.1, 0.15) is 36.2 Å². The van der Waals surface area contributed by atoms with Gasteiger partial charge < -0.3 is 9.47 Å². The molecular formula is C15H18O3. The highest BCUT2D eigenvalue weighted by Gasteiger charge is 2.32. The maximum atomic E-state index is 12.4. The molecule has 3 nitrogen and oxygen atoms in total. The van der Waals surface area contributed by atoms with Crippen LogP contribution >= 0.6 is 0 Å². The lowest BCUT2D eigenvalue weighted by atomic mass is 9.91. The Kier molecular flexibility index (Phi) is 2.86. The van der Waals surface area contributed by atoms with E-state index in [2.05, 4.69) is 0 Å². The summed E-state index contributed by atoms with van der Waals surface area (Å²) in [5, 5.41) is 0. The van der Waals surface area contributed by atoms with Gasteiger partial charge in [-0.05, 0) is 44.0 Å². The minimum atomic E-state index is 0.0165. The summed E-state index contributed by atoms with van der Waals surface area (Å²) in [5.41, 5.74) is 1.95. The van der Waals surface area contributed by atoms with Crippen molar-refractivity contribution in [2.75, 3.05) is 6.61 Å². The van der Waals surface area contributed by atoms with Gasteiger partial charge in [-0.1, -0.05) is 0 Å². The summed E-state index contributed by atoms with van der Waals surface area (Å²) in [6, 6.07) is 5.79. The first-order valence-corrected chi connectivity index (χ1v) is 6.60. The number of carbonyl (C=O) groups is 1. The van der Waals surface area contributed by atoms with Gasteiger partial charge in [0, 0.05) is 18.6 Å². The molecule has 0 amide bonds. The molecule has 2 aliphatic rings. The molecule has 0 N–H and O–H groups in total. The molecule has 2 aliphatic heterocycles. The van der Waals surface area contributed by atoms with Crippen LogP contribution in [0.4, 0.5) is 0 Å². The van der Waals surface area contributed by atoms with Gasteiger partial charge in [-0.3, -0.25) is 4.79 Å². The molecule has 0 radical (unpaired) electrons. The van der Waals surface area contributed by atoms with Crippen LogP contribution in [0.15, 0.2) is 18.2 Å². The molecule has 1 saturated heterocycles. The average Bonchev–Trinajstić information content (AvgIpc) is 2.91. The van der Waals surface area contributed by atoms with Crippen molar-refractivity contribution in [3.8, 4) is 5.75 Å². The van der Waals surface area contributed by atoms with Crippen molar-refractivity contribution in [2.24, 2.45) is 5.92 Å². The van der Waals surface area contributed by atoms with Crippen molar-refractivity contribution in [3.63, 3.8) is 0 Å². The van der Waals surface area contributed by atoms with E-state index in [0.717, 1.165) is 29.7 Å². The Balaban J connectivity index is 1.85. The molecule has 0 aromatic heterocycles. The Morgan fingerprint density at radius 3 is 2.89 bits per heavy atom.